The molecule has 1 rings (SSSR count). The molecule has 0 radical (unpaired) electrons. The third-order valence-electron chi connectivity index (χ3n) is 1.65. The number of ether oxygens (including phenoxy) is 1. The first-order chi connectivity index (χ1) is 6.39. The molecule has 1 heterocycles. The minimum absolute atomic E-state index is 0. The first kappa shape index (κ1) is 13.9. The van der Waals surface area contributed by atoms with E-state index in [4.69, 9.17) is 4.74 Å². The Morgan fingerprint density at radius 2 is 2.13 bits per heavy atom. The van der Waals surface area contributed by atoms with E-state index in [1.165, 1.54) is 0 Å². The molecule has 0 saturated heterocycles. The van der Waals surface area contributed by atoms with Crippen LogP contribution in [0.5, 0.6) is 0 Å². The minimum Gasteiger partial charge on any atom is -1.00 e. The average Bonchev–Trinajstić information content (AvgIpc) is 2.45. The third kappa shape index (κ3) is 4.29. The van der Waals surface area contributed by atoms with Crippen LogP contribution in [0.4, 0.5) is 0 Å². The molecule has 1 aromatic heterocycles. The molecule has 0 N–H and O–H groups in total. The van der Waals surface area contributed by atoms with Crippen LogP contribution in [-0.4, -0.2) is 15.9 Å². The molecular weight excluding hydrogens is 218 g/mol. The molecule has 0 fully saturated rings. The second-order valence-corrected chi connectivity index (χ2v) is 4.21. The molecule has 1 aromatic rings. The van der Waals surface area contributed by atoms with Gasteiger partial charge in [0.2, 0.25) is 0 Å². The van der Waals surface area contributed by atoms with Gasteiger partial charge >= 0.3 is 5.97 Å². The number of esters is 1. The summed E-state index contributed by atoms with van der Waals surface area (Å²) < 4.78 is 8.26. The Bertz CT molecular complexity index is 330. The summed E-state index contributed by atoms with van der Waals surface area (Å²) >= 11 is 0. The van der Waals surface area contributed by atoms with Gasteiger partial charge in [0, 0.05) is 0 Å². The lowest BCUT2D eigenvalue weighted by Gasteiger charge is -2.14. The van der Waals surface area contributed by atoms with Crippen LogP contribution in [0, 0.1) is 5.41 Å². The highest BCUT2D eigenvalue weighted by molar-refractivity contribution is 5.75. The highest BCUT2D eigenvalue weighted by Gasteiger charge is 2.23. The summed E-state index contributed by atoms with van der Waals surface area (Å²) in [5.41, 5.74) is -0.463. The molecule has 0 aliphatic heterocycles. The fourth-order valence-corrected chi connectivity index (χ4v) is 0.824. The largest absolute Gasteiger partial charge is 1.00 e. The number of nitrogens with zero attached hydrogens (tertiary/aromatic N) is 3. The van der Waals surface area contributed by atoms with E-state index in [2.05, 4.69) is 5.21 Å². The molecule has 0 aliphatic carbocycles. The van der Waals surface area contributed by atoms with Crippen molar-refractivity contribution >= 4 is 5.97 Å². The number of aryl methyl sites for hydroxylation is 1. The van der Waals surface area contributed by atoms with Crippen molar-refractivity contribution in [3.63, 3.8) is 0 Å². The van der Waals surface area contributed by atoms with E-state index < -0.39 is 5.41 Å². The van der Waals surface area contributed by atoms with Gasteiger partial charge in [0.15, 0.2) is 12.4 Å². The number of halogens is 1. The normalized spacial score (nSPS) is 10.7. The second kappa shape index (κ2) is 5.11. The smallest absolute Gasteiger partial charge is 0.314 e. The Morgan fingerprint density at radius 3 is 2.53 bits per heavy atom. The molecule has 6 heteroatoms. The van der Waals surface area contributed by atoms with Crippen LogP contribution in [0.1, 0.15) is 20.8 Å². The second-order valence-electron chi connectivity index (χ2n) is 4.21. The van der Waals surface area contributed by atoms with Crippen molar-refractivity contribution in [2.45, 2.75) is 27.5 Å². The lowest BCUT2D eigenvalue weighted by molar-refractivity contribution is -0.732. The van der Waals surface area contributed by atoms with Gasteiger partial charge in [0.05, 0.1) is 10.6 Å². The fraction of sp³-hybridized carbons (Fsp3) is 0.667. The van der Waals surface area contributed by atoms with E-state index in [1.54, 1.807) is 21.8 Å². The molecule has 5 nitrogen and oxygen atoms in total. The number of hydrogen-bond donors (Lipinski definition) is 0. The summed E-state index contributed by atoms with van der Waals surface area (Å²) in [7, 11) is 1.81. The lowest BCUT2D eigenvalue weighted by atomic mass is 9.98. The van der Waals surface area contributed by atoms with Gasteiger partial charge in [-0.3, -0.25) is 4.79 Å². The first-order valence-electron chi connectivity index (χ1n) is 4.46. The van der Waals surface area contributed by atoms with E-state index in [0.717, 1.165) is 0 Å². The summed E-state index contributed by atoms with van der Waals surface area (Å²) in [6.07, 6.45) is 3.53. The zero-order chi connectivity index (χ0) is 10.8. The van der Waals surface area contributed by atoms with E-state index in [1.807, 2.05) is 27.8 Å². The number of rotatable bonds is 2. The molecule has 0 amide bonds. The summed E-state index contributed by atoms with van der Waals surface area (Å²) in [4.78, 5) is 11.4. The number of carbonyl (C=O) groups excluding carboxylic acids is 1. The molecule has 0 spiro atoms. The van der Waals surface area contributed by atoms with Gasteiger partial charge in [-0.1, -0.05) is 0 Å². The fourth-order valence-electron chi connectivity index (χ4n) is 0.824. The van der Waals surface area contributed by atoms with Crippen molar-refractivity contribution in [1.29, 1.82) is 0 Å². The molecule has 15 heavy (non-hydrogen) atoms. The molecule has 0 bridgehead atoms. The van der Waals surface area contributed by atoms with E-state index in [0.29, 0.717) is 0 Å². The Morgan fingerprint density at radius 1 is 1.53 bits per heavy atom. The first-order valence-corrected chi connectivity index (χ1v) is 4.46. The summed E-state index contributed by atoms with van der Waals surface area (Å²) in [6, 6.07) is 0. The predicted molar refractivity (Wildman–Crippen MR) is 49.0 cm³/mol. The van der Waals surface area contributed by atoms with Crippen LogP contribution >= 0.6 is 0 Å². The van der Waals surface area contributed by atoms with E-state index in [-0.39, 0.29) is 25.1 Å². The number of aromatic nitrogens is 3. The zero-order valence-corrected chi connectivity index (χ0v) is 10.2. The lowest BCUT2D eigenvalue weighted by Crippen LogP contribution is -3.00. The minimum atomic E-state index is -0.463. The molecule has 0 saturated carbocycles. The third-order valence-corrected chi connectivity index (χ3v) is 1.65. The summed E-state index contributed by atoms with van der Waals surface area (Å²) in [6.45, 7) is 5.62. The van der Waals surface area contributed by atoms with Crippen molar-refractivity contribution < 1.29 is 26.6 Å². The SMILES string of the molecule is C[n+]1ccn(COC(=O)C(C)(C)C)n1.[Cl-]. The number of hydrogen-bond acceptors (Lipinski definition) is 3. The van der Waals surface area contributed by atoms with Gasteiger partial charge in [-0.05, 0) is 20.8 Å². The van der Waals surface area contributed by atoms with Gasteiger partial charge in [-0.25, -0.2) is 0 Å². The van der Waals surface area contributed by atoms with Crippen molar-refractivity contribution in [3.8, 4) is 0 Å². The molecule has 0 unspecified atom stereocenters. The molecule has 86 valence electrons. The van der Waals surface area contributed by atoms with Crippen LogP contribution in [0.25, 0.3) is 0 Å². The zero-order valence-electron chi connectivity index (χ0n) is 9.40. The predicted octanol–water partition coefficient (Wildman–Crippen LogP) is -2.74. The van der Waals surface area contributed by atoms with Crippen molar-refractivity contribution in [1.82, 2.24) is 9.90 Å². The van der Waals surface area contributed by atoms with E-state index >= 15 is 0 Å². The Labute approximate surface area is 95.4 Å². The van der Waals surface area contributed by atoms with Crippen molar-refractivity contribution in [2.24, 2.45) is 12.5 Å². The van der Waals surface area contributed by atoms with Crippen LogP contribution in [0.15, 0.2) is 12.4 Å². The molecule has 0 atom stereocenters. The molecule has 0 aliphatic rings. The van der Waals surface area contributed by atoms with Gasteiger partial charge < -0.3 is 17.1 Å². The quantitative estimate of drug-likeness (QED) is 0.411. The van der Waals surface area contributed by atoms with Crippen LogP contribution in [0.3, 0.4) is 0 Å². The Hall–Kier alpha value is -1.10. The summed E-state index contributed by atoms with van der Waals surface area (Å²) in [5.74, 6) is -0.226. The maximum atomic E-state index is 11.4. The highest BCUT2D eigenvalue weighted by atomic mass is 35.5. The molecular formula is C9H16ClN3O2. The monoisotopic (exact) mass is 233 g/mol. The maximum Gasteiger partial charge on any atom is 0.314 e. The maximum absolute atomic E-state index is 11.4. The van der Waals surface area contributed by atoms with E-state index in [9.17, 15) is 4.79 Å². The van der Waals surface area contributed by atoms with Crippen LogP contribution in [-0.2, 0) is 23.3 Å². The van der Waals surface area contributed by atoms with Crippen LogP contribution < -0.4 is 17.1 Å². The van der Waals surface area contributed by atoms with Gasteiger partial charge in [-0.2, -0.15) is 0 Å². The molecule has 0 aromatic carbocycles. The van der Waals surface area contributed by atoms with Crippen molar-refractivity contribution in [3.05, 3.63) is 12.4 Å². The van der Waals surface area contributed by atoms with Crippen molar-refractivity contribution in [2.75, 3.05) is 0 Å². The van der Waals surface area contributed by atoms with Gasteiger partial charge in [0.25, 0.3) is 6.73 Å². The standard InChI is InChI=1S/C9H16N3O2.ClH/c1-9(2,3)8(13)14-7-12-6-5-11(4)10-12;/h5-6H,7H2,1-4H3;1H/q+1;/p-1. The highest BCUT2D eigenvalue weighted by Crippen LogP contribution is 2.14. The van der Waals surface area contributed by atoms with Gasteiger partial charge in [0.1, 0.15) is 7.05 Å². The Kier molecular flexibility index (Phi) is 4.74. The topological polar surface area (TPSA) is 48.0 Å². The Balaban J connectivity index is 0.00000196. The summed E-state index contributed by atoms with van der Waals surface area (Å²) in [5, 5.41) is 4.02. The van der Waals surface area contributed by atoms with Crippen LogP contribution in [0.2, 0.25) is 0 Å². The van der Waals surface area contributed by atoms with Gasteiger partial charge in [-0.15, -0.1) is 9.36 Å². The average molecular weight is 234 g/mol. The number of carbonyl (C=O) groups is 1.